The van der Waals surface area contributed by atoms with E-state index in [9.17, 15) is 18.3 Å². The summed E-state index contributed by atoms with van der Waals surface area (Å²) < 4.78 is 34.2. The molecule has 10 heteroatoms. The number of rotatable bonds is 8. The number of carbonyl (C=O) groups excluding carboxylic acids is 1. The fraction of sp³-hybridized carbons (Fsp3) is 0.269. The number of para-hydroxylation sites is 1. The van der Waals surface area contributed by atoms with E-state index < -0.39 is 15.6 Å². The molecule has 0 aliphatic rings. The van der Waals surface area contributed by atoms with E-state index in [0.29, 0.717) is 24.0 Å². The summed E-state index contributed by atoms with van der Waals surface area (Å²) in [4.78, 5) is 23.2. The van der Waals surface area contributed by atoms with Gasteiger partial charge < -0.3 is 14.7 Å². The zero-order valence-electron chi connectivity index (χ0n) is 20.5. The lowest BCUT2D eigenvalue weighted by Crippen LogP contribution is -2.36. The minimum Gasteiger partial charge on any atom is -0.480 e. The maximum atomic E-state index is 13.9. The Morgan fingerprint density at radius 1 is 1.11 bits per heavy atom. The van der Waals surface area contributed by atoms with E-state index in [1.807, 2.05) is 13.8 Å². The van der Waals surface area contributed by atoms with Crippen LogP contribution in [0.15, 0.2) is 72.0 Å². The molecule has 1 amide bonds. The molecule has 0 bridgehead atoms. The predicted molar refractivity (Wildman–Crippen MR) is 135 cm³/mol. The summed E-state index contributed by atoms with van der Waals surface area (Å²) >= 11 is 0. The van der Waals surface area contributed by atoms with Crippen LogP contribution in [0.1, 0.15) is 42.4 Å². The van der Waals surface area contributed by atoms with Crippen molar-refractivity contribution in [3.63, 3.8) is 0 Å². The molecule has 36 heavy (non-hydrogen) atoms. The van der Waals surface area contributed by atoms with Crippen molar-refractivity contribution in [2.24, 2.45) is 0 Å². The molecule has 0 saturated heterocycles. The molecule has 3 heterocycles. The van der Waals surface area contributed by atoms with Crippen LogP contribution in [-0.2, 0) is 15.6 Å². The summed E-state index contributed by atoms with van der Waals surface area (Å²) in [5.74, 6) is -0.333. The number of hydrogen-bond acceptors (Lipinski definition) is 7. The molecule has 4 aromatic rings. The average Bonchev–Trinajstić information content (AvgIpc) is 3.31. The first-order valence-corrected chi connectivity index (χ1v) is 12.9. The van der Waals surface area contributed by atoms with E-state index in [1.165, 1.54) is 50.8 Å². The second-order valence-corrected chi connectivity index (χ2v) is 10.1. The zero-order valence-corrected chi connectivity index (χ0v) is 21.4. The van der Waals surface area contributed by atoms with E-state index in [-0.39, 0.29) is 33.5 Å². The van der Waals surface area contributed by atoms with Crippen molar-refractivity contribution in [2.75, 3.05) is 20.2 Å². The van der Waals surface area contributed by atoms with Crippen molar-refractivity contribution in [1.82, 2.24) is 18.8 Å². The monoisotopic (exact) mass is 508 g/mol. The molecular weight excluding hydrogens is 480 g/mol. The van der Waals surface area contributed by atoms with E-state index in [0.717, 1.165) is 3.97 Å². The van der Waals surface area contributed by atoms with Crippen LogP contribution in [0.2, 0.25) is 0 Å². The minimum absolute atomic E-state index is 0.0323. The Hall–Kier alpha value is -3.76. The molecule has 0 spiro atoms. The van der Waals surface area contributed by atoms with E-state index in [2.05, 4.69) is 9.97 Å². The number of ether oxygens (including phenoxy) is 1. The van der Waals surface area contributed by atoms with Crippen LogP contribution in [0.5, 0.6) is 5.88 Å². The van der Waals surface area contributed by atoms with E-state index in [1.54, 1.807) is 35.2 Å². The van der Waals surface area contributed by atoms with Crippen LogP contribution in [0, 0.1) is 0 Å². The number of fused-ring (bicyclic) bond motifs is 1. The van der Waals surface area contributed by atoms with Gasteiger partial charge in [-0.2, -0.15) is 0 Å². The highest BCUT2D eigenvalue weighted by Crippen LogP contribution is 2.39. The van der Waals surface area contributed by atoms with Gasteiger partial charge in [-0.3, -0.25) is 9.78 Å². The fourth-order valence-corrected chi connectivity index (χ4v) is 5.92. The maximum absolute atomic E-state index is 13.9. The summed E-state index contributed by atoms with van der Waals surface area (Å²) in [7, 11) is -2.77. The SMILES string of the molecule is CCN(CC)C(=O)c1c(C(C)(O)c2cc3ccccc3n2S(=O)(=O)c2cccnc2)ccnc1OC. The Bertz CT molecular complexity index is 1510. The number of amides is 1. The molecule has 0 aliphatic heterocycles. The fourth-order valence-electron chi connectivity index (χ4n) is 4.35. The summed E-state index contributed by atoms with van der Waals surface area (Å²) in [5.41, 5.74) is -1.23. The van der Waals surface area contributed by atoms with Crippen molar-refractivity contribution in [3.8, 4) is 5.88 Å². The van der Waals surface area contributed by atoms with Crippen LogP contribution in [-0.4, -0.2) is 58.5 Å². The lowest BCUT2D eigenvalue weighted by atomic mass is 9.89. The van der Waals surface area contributed by atoms with Gasteiger partial charge in [-0.25, -0.2) is 17.4 Å². The molecule has 188 valence electrons. The lowest BCUT2D eigenvalue weighted by molar-refractivity contribution is 0.0728. The van der Waals surface area contributed by atoms with Gasteiger partial charge in [0.1, 0.15) is 16.1 Å². The molecule has 4 rings (SSSR count). The number of carbonyl (C=O) groups is 1. The maximum Gasteiger partial charge on any atom is 0.270 e. The molecule has 3 aromatic heterocycles. The number of methoxy groups -OCH3 is 1. The van der Waals surface area contributed by atoms with Crippen LogP contribution < -0.4 is 4.74 Å². The van der Waals surface area contributed by atoms with E-state index in [4.69, 9.17) is 4.74 Å². The second-order valence-electron chi connectivity index (χ2n) is 8.34. The second kappa shape index (κ2) is 9.71. The summed E-state index contributed by atoms with van der Waals surface area (Å²) in [6.07, 6.45) is 4.16. The molecule has 0 fully saturated rings. The van der Waals surface area contributed by atoms with Crippen molar-refractivity contribution >= 4 is 26.8 Å². The van der Waals surface area contributed by atoms with Crippen LogP contribution in [0.25, 0.3) is 10.9 Å². The first kappa shape index (κ1) is 25.3. The van der Waals surface area contributed by atoms with E-state index >= 15 is 0 Å². The third kappa shape index (κ3) is 4.12. The van der Waals surface area contributed by atoms with Gasteiger partial charge in [0, 0.05) is 42.6 Å². The number of pyridine rings is 2. The molecule has 1 atom stereocenters. The summed E-state index contributed by atoms with van der Waals surface area (Å²) in [6, 6.07) is 13.0. The first-order chi connectivity index (χ1) is 17.2. The van der Waals surface area contributed by atoms with Gasteiger partial charge in [0.25, 0.3) is 15.9 Å². The number of benzene rings is 1. The Morgan fingerprint density at radius 3 is 2.47 bits per heavy atom. The molecular formula is C26H28N4O5S. The zero-order chi connectivity index (χ0) is 26.1. The van der Waals surface area contributed by atoms with Gasteiger partial charge in [0.05, 0.1) is 18.3 Å². The largest absolute Gasteiger partial charge is 0.480 e. The average molecular weight is 509 g/mol. The molecule has 0 saturated carbocycles. The number of hydrogen-bond donors (Lipinski definition) is 1. The van der Waals surface area contributed by atoms with Crippen LogP contribution in [0.4, 0.5) is 0 Å². The molecule has 9 nitrogen and oxygen atoms in total. The Kier molecular flexibility index (Phi) is 6.83. The number of aliphatic hydroxyl groups is 1. The highest BCUT2D eigenvalue weighted by Gasteiger charge is 2.39. The van der Waals surface area contributed by atoms with Crippen LogP contribution >= 0.6 is 0 Å². The molecule has 0 aliphatic carbocycles. The highest BCUT2D eigenvalue weighted by atomic mass is 32.2. The summed E-state index contributed by atoms with van der Waals surface area (Å²) in [6.45, 7) is 6.03. The molecule has 0 radical (unpaired) electrons. The van der Waals surface area contributed by atoms with Crippen molar-refractivity contribution in [2.45, 2.75) is 31.3 Å². The number of aromatic nitrogens is 3. The summed E-state index contributed by atoms with van der Waals surface area (Å²) in [5, 5.41) is 12.7. The topological polar surface area (TPSA) is 115 Å². The predicted octanol–water partition coefficient (Wildman–Crippen LogP) is 3.41. The quantitative estimate of drug-likeness (QED) is 0.388. The van der Waals surface area contributed by atoms with Gasteiger partial charge in [-0.05, 0) is 51.1 Å². The third-order valence-electron chi connectivity index (χ3n) is 6.24. The Balaban J connectivity index is 2.04. The van der Waals surface area contributed by atoms with Crippen LogP contribution in [0.3, 0.4) is 0 Å². The van der Waals surface area contributed by atoms with Gasteiger partial charge in [-0.1, -0.05) is 18.2 Å². The van der Waals surface area contributed by atoms with Crippen molar-refractivity contribution in [3.05, 3.63) is 83.9 Å². The highest BCUT2D eigenvalue weighted by molar-refractivity contribution is 7.90. The molecule has 1 N–H and O–H groups in total. The van der Waals surface area contributed by atoms with Gasteiger partial charge in [0.15, 0.2) is 0 Å². The molecule has 1 unspecified atom stereocenters. The van der Waals surface area contributed by atoms with Crippen molar-refractivity contribution < 1.29 is 23.1 Å². The standard InChI is InChI=1S/C26H28N4O5S/c1-5-29(6-2)25(31)23-20(13-15-28-24(23)35-4)26(3,32)22-16-18-10-7-8-12-21(18)30(22)36(33,34)19-11-9-14-27-17-19/h7-17,32H,5-6H2,1-4H3. The smallest absolute Gasteiger partial charge is 0.270 e. The van der Waals surface area contributed by atoms with Crippen molar-refractivity contribution in [1.29, 1.82) is 0 Å². The van der Waals surface area contributed by atoms with Gasteiger partial charge >= 0.3 is 0 Å². The minimum atomic E-state index is -4.17. The number of nitrogens with zero attached hydrogens (tertiary/aromatic N) is 4. The normalized spacial score (nSPS) is 13.4. The Morgan fingerprint density at radius 2 is 1.83 bits per heavy atom. The molecule has 1 aromatic carbocycles. The Labute approximate surface area is 210 Å². The first-order valence-electron chi connectivity index (χ1n) is 11.5. The van der Waals surface area contributed by atoms with Gasteiger partial charge in [0.2, 0.25) is 5.88 Å². The third-order valence-corrected chi connectivity index (χ3v) is 7.95. The van der Waals surface area contributed by atoms with Gasteiger partial charge in [-0.15, -0.1) is 0 Å². The lowest BCUT2D eigenvalue weighted by Gasteiger charge is -2.29.